The summed E-state index contributed by atoms with van der Waals surface area (Å²) in [4.78, 5) is 0. The summed E-state index contributed by atoms with van der Waals surface area (Å²) in [5.74, 6) is 0.609. The van der Waals surface area contributed by atoms with Crippen LogP contribution >= 0.6 is 0 Å². The molecule has 0 aliphatic heterocycles. The maximum atomic E-state index is 2.24. The molecule has 1 aliphatic rings. The van der Waals surface area contributed by atoms with Gasteiger partial charge in [0.05, 0.1) is 0 Å². The molecule has 0 saturated carbocycles. The van der Waals surface area contributed by atoms with E-state index in [1.54, 1.807) is 0 Å². The van der Waals surface area contributed by atoms with Gasteiger partial charge < -0.3 is 0 Å². The van der Waals surface area contributed by atoms with Crippen LogP contribution in [0.2, 0.25) is 0 Å². The zero-order chi connectivity index (χ0) is 15.0. The SMILES string of the molecule is CC.CC1=CC=C(/C=C/c2ccc(C(C)C)cc2)CC1. The standard InChI is InChI=1S/C18H22.C2H6/c1-14(2)18-12-10-17(11-13-18)9-8-16-6-4-15(3)5-7-16;1-2/h4,6,8-14H,5,7H2,1-3H3;1-2H3/b9-8+;. The molecule has 0 saturated heterocycles. The van der Waals surface area contributed by atoms with E-state index in [2.05, 4.69) is 69.3 Å². The number of hydrogen-bond donors (Lipinski definition) is 0. The van der Waals surface area contributed by atoms with Crippen LogP contribution in [-0.4, -0.2) is 0 Å². The van der Waals surface area contributed by atoms with Crippen LogP contribution in [0.15, 0.2) is 53.6 Å². The van der Waals surface area contributed by atoms with Gasteiger partial charge in [-0.3, -0.25) is 0 Å². The molecule has 0 heterocycles. The molecule has 0 nitrogen and oxygen atoms in total. The van der Waals surface area contributed by atoms with Crippen LogP contribution in [-0.2, 0) is 0 Å². The Bertz CT molecular complexity index is 481. The highest BCUT2D eigenvalue weighted by Crippen LogP contribution is 2.20. The Morgan fingerprint density at radius 2 is 1.55 bits per heavy atom. The fraction of sp³-hybridized carbons (Fsp3) is 0.400. The normalized spacial score (nSPS) is 14.7. The summed E-state index contributed by atoms with van der Waals surface area (Å²) in [5.41, 5.74) is 5.59. The fourth-order valence-electron chi connectivity index (χ4n) is 2.09. The molecule has 0 bridgehead atoms. The minimum atomic E-state index is 0.609. The van der Waals surface area contributed by atoms with Crippen molar-refractivity contribution in [3.8, 4) is 0 Å². The minimum Gasteiger partial charge on any atom is -0.0730 e. The summed E-state index contributed by atoms with van der Waals surface area (Å²) in [6.45, 7) is 10.7. The van der Waals surface area contributed by atoms with Crippen molar-refractivity contribution in [3.05, 3.63) is 64.8 Å². The van der Waals surface area contributed by atoms with E-state index in [1.807, 2.05) is 13.8 Å². The first-order chi connectivity index (χ1) is 9.65. The second-order valence-electron chi connectivity index (χ2n) is 5.41. The molecule has 2 rings (SSSR count). The van der Waals surface area contributed by atoms with E-state index in [4.69, 9.17) is 0 Å². The first-order valence-corrected chi connectivity index (χ1v) is 7.79. The van der Waals surface area contributed by atoms with E-state index < -0.39 is 0 Å². The van der Waals surface area contributed by atoms with Gasteiger partial charge in [-0.05, 0) is 42.4 Å². The van der Waals surface area contributed by atoms with Gasteiger partial charge in [0.25, 0.3) is 0 Å². The van der Waals surface area contributed by atoms with Gasteiger partial charge in [-0.2, -0.15) is 0 Å². The molecule has 0 spiro atoms. The van der Waals surface area contributed by atoms with E-state index >= 15 is 0 Å². The van der Waals surface area contributed by atoms with E-state index in [0.29, 0.717) is 5.92 Å². The van der Waals surface area contributed by atoms with Crippen LogP contribution in [0, 0.1) is 0 Å². The summed E-state index contributed by atoms with van der Waals surface area (Å²) in [7, 11) is 0. The molecule has 1 aliphatic carbocycles. The van der Waals surface area contributed by atoms with Gasteiger partial charge >= 0.3 is 0 Å². The zero-order valence-electron chi connectivity index (χ0n) is 13.6. The van der Waals surface area contributed by atoms with E-state index in [-0.39, 0.29) is 0 Å². The van der Waals surface area contributed by atoms with Gasteiger partial charge in [0.2, 0.25) is 0 Å². The Morgan fingerprint density at radius 1 is 0.900 bits per heavy atom. The van der Waals surface area contributed by atoms with Crippen LogP contribution < -0.4 is 0 Å². The first kappa shape index (κ1) is 16.5. The molecule has 0 atom stereocenters. The van der Waals surface area contributed by atoms with Crippen LogP contribution in [0.25, 0.3) is 6.08 Å². The summed E-state index contributed by atoms with van der Waals surface area (Å²) >= 11 is 0. The van der Waals surface area contributed by atoms with Crippen molar-refractivity contribution in [3.63, 3.8) is 0 Å². The minimum absolute atomic E-state index is 0.609. The average molecular weight is 268 g/mol. The molecule has 0 amide bonds. The van der Waals surface area contributed by atoms with Crippen LogP contribution in [0.4, 0.5) is 0 Å². The zero-order valence-corrected chi connectivity index (χ0v) is 13.6. The molecule has 0 fully saturated rings. The monoisotopic (exact) mass is 268 g/mol. The molecule has 1 aromatic rings. The molecule has 20 heavy (non-hydrogen) atoms. The summed E-state index contributed by atoms with van der Waals surface area (Å²) < 4.78 is 0. The van der Waals surface area contributed by atoms with Crippen molar-refractivity contribution in [1.82, 2.24) is 0 Å². The third-order valence-electron chi connectivity index (χ3n) is 3.48. The lowest BCUT2D eigenvalue weighted by molar-refractivity contribution is 0.866. The van der Waals surface area contributed by atoms with Gasteiger partial charge in [0, 0.05) is 0 Å². The van der Waals surface area contributed by atoms with E-state index in [1.165, 1.54) is 35.1 Å². The number of rotatable bonds is 3. The molecular formula is C20H28. The third-order valence-corrected chi connectivity index (χ3v) is 3.48. The maximum Gasteiger partial charge on any atom is -0.0219 e. The van der Waals surface area contributed by atoms with Crippen molar-refractivity contribution in [2.24, 2.45) is 0 Å². The lowest BCUT2D eigenvalue weighted by Gasteiger charge is -2.08. The van der Waals surface area contributed by atoms with Crippen molar-refractivity contribution in [2.75, 3.05) is 0 Å². The quantitative estimate of drug-likeness (QED) is 0.585. The topological polar surface area (TPSA) is 0 Å². The summed E-state index contributed by atoms with van der Waals surface area (Å²) in [5, 5.41) is 0. The van der Waals surface area contributed by atoms with Crippen molar-refractivity contribution in [2.45, 2.75) is 53.4 Å². The van der Waals surface area contributed by atoms with E-state index in [0.717, 1.165) is 0 Å². The van der Waals surface area contributed by atoms with Crippen LogP contribution in [0.3, 0.4) is 0 Å². The second-order valence-corrected chi connectivity index (χ2v) is 5.41. The van der Waals surface area contributed by atoms with Crippen LogP contribution in [0.5, 0.6) is 0 Å². The van der Waals surface area contributed by atoms with E-state index in [9.17, 15) is 0 Å². The van der Waals surface area contributed by atoms with Gasteiger partial charge in [0.15, 0.2) is 0 Å². The molecule has 108 valence electrons. The highest BCUT2D eigenvalue weighted by Gasteiger charge is 2.00. The molecular weight excluding hydrogens is 240 g/mol. The predicted molar refractivity (Wildman–Crippen MR) is 92.0 cm³/mol. The lowest BCUT2D eigenvalue weighted by Crippen LogP contribution is -1.88. The van der Waals surface area contributed by atoms with Gasteiger partial charge in [-0.25, -0.2) is 0 Å². The van der Waals surface area contributed by atoms with Gasteiger partial charge in [-0.15, -0.1) is 0 Å². The van der Waals surface area contributed by atoms with Gasteiger partial charge in [-0.1, -0.05) is 81.8 Å². The number of allylic oxidation sites excluding steroid dienone is 5. The highest BCUT2D eigenvalue weighted by molar-refractivity contribution is 5.54. The average Bonchev–Trinajstić information content (AvgIpc) is 2.49. The Morgan fingerprint density at radius 3 is 2.05 bits per heavy atom. The molecule has 0 N–H and O–H groups in total. The van der Waals surface area contributed by atoms with Crippen molar-refractivity contribution >= 4 is 6.08 Å². The van der Waals surface area contributed by atoms with Crippen molar-refractivity contribution in [1.29, 1.82) is 0 Å². The number of benzene rings is 1. The Hall–Kier alpha value is -1.56. The molecule has 0 aromatic heterocycles. The third kappa shape index (κ3) is 5.21. The van der Waals surface area contributed by atoms with Gasteiger partial charge in [0.1, 0.15) is 0 Å². The smallest absolute Gasteiger partial charge is 0.0219 e. The van der Waals surface area contributed by atoms with Crippen molar-refractivity contribution < 1.29 is 0 Å². The Balaban J connectivity index is 0.000000956. The molecule has 0 radical (unpaired) electrons. The maximum absolute atomic E-state index is 2.24. The summed E-state index contributed by atoms with van der Waals surface area (Å²) in [6, 6.07) is 8.86. The first-order valence-electron chi connectivity index (χ1n) is 7.79. The number of hydrogen-bond acceptors (Lipinski definition) is 0. The predicted octanol–water partition coefficient (Wildman–Crippen LogP) is 6.52. The second kappa shape index (κ2) is 8.58. The fourth-order valence-corrected chi connectivity index (χ4v) is 2.09. The Labute approximate surface area is 124 Å². The summed E-state index contributed by atoms with van der Waals surface area (Å²) in [6.07, 6.45) is 11.3. The lowest BCUT2D eigenvalue weighted by atomic mass is 9.98. The largest absolute Gasteiger partial charge is 0.0730 e. The molecule has 0 unspecified atom stereocenters. The van der Waals surface area contributed by atoms with Crippen LogP contribution in [0.1, 0.15) is 64.5 Å². The highest BCUT2D eigenvalue weighted by atomic mass is 14.1. The Kier molecular flexibility index (Phi) is 7.08. The molecule has 1 aromatic carbocycles. The molecule has 0 heteroatoms.